The van der Waals surface area contributed by atoms with Crippen molar-refractivity contribution in [2.45, 2.75) is 18.8 Å². The molecule has 0 aliphatic carbocycles. The van der Waals surface area contributed by atoms with Gasteiger partial charge in [0.25, 0.3) is 0 Å². The number of para-hydroxylation sites is 1. The molecule has 3 heterocycles. The molecule has 1 aliphatic heterocycles. The number of nitrogens with one attached hydrogen (secondary N) is 1. The Morgan fingerprint density at radius 1 is 1.23 bits per heavy atom. The van der Waals surface area contributed by atoms with Gasteiger partial charge >= 0.3 is 6.01 Å². The second-order valence-electron chi connectivity index (χ2n) is 6.07. The molecule has 0 saturated heterocycles. The van der Waals surface area contributed by atoms with Crippen molar-refractivity contribution >= 4 is 0 Å². The lowest BCUT2D eigenvalue weighted by molar-refractivity contribution is 0.348. The van der Waals surface area contributed by atoms with E-state index >= 15 is 0 Å². The summed E-state index contributed by atoms with van der Waals surface area (Å²) < 4.78 is 16.4. The molecule has 26 heavy (non-hydrogen) atoms. The van der Waals surface area contributed by atoms with E-state index in [1.807, 2.05) is 12.3 Å². The van der Waals surface area contributed by atoms with E-state index in [-0.39, 0.29) is 11.9 Å². The van der Waals surface area contributed by atoms with E-state index in [2.05, 4.69) is 38.1 Å². The van der Waals surface area contributed by atoms with E-state index in [1.54, 1.807) is 20.5 Å². The van der Waals surface area contributed by atoms with Crippen molar-refractivity contribution in [1.29, 1.82) is 0 Å². The number of nitrogens with zero attached hydrogens (tertiary/aromatic N) is 3. The van der Waals surface area contributed by atoms with Crippen molar-refractivity contribution in [2.75, 3.05) is 20.8 Å². The van der Waals surface area contributed by atoms with Gasteiger partial charge < -0.3 is 19.2 Å². The van der Waals surface area contributed by atoms with Gasteiger partial charge in [0, 0.05) is 36.6 Å². The molecule has 1 unspecified atom stereocenters. The summed E-state index contributed by atoms with van der Waals surface area (Å²) >= 11 is 0. The van der Waals surface area contributed by atoms with Gasteiger partial charge in [0.15, 0.2) is 0 Å². The first-order chi connectivity index (χ1) is 12.8. The first kappa shape index (κ1) is 16.4. The van der Waals surface area contributed by atoms with Crippen LogP contribution in [0.2, 0.25) is 0 Å². The normalized spacial score (nSPS) is 13.8. The highest BCUT2D eigenvalue weighted by atomic mass is 16.5. The van der Waals surface area contributed by atoms with Gasteiger partial charge in [-0.25, -0.2) is 4.98 Å². The van der Waals surface area contributed by atoms with Crippen LogP contribution in [0.25, 0.3) is 0 Å². The molecule has 0 fully saturated rings. The van der Waals surface area contributed by atoms with Crippen molar-refractivity contribution in [1.82, 2.24) is 19.9 Å². The van der Waals surface area contributed by atoms with Crippen molar-refractivity contribution in [2.24, 2.45) is 0 Å². The van der Waals surface area contributed by atoms with Crippen LogP contribution in [0.4, 0.5) is 0 Å². The van der Waals surface area contributed by atoms with Gasteiger partial charge in [-0.1, -0.05) is 18.2 Å². The van der Waals surface area contributed by atoms with Gasteiger partial charge in [0.05, 0.1) is 38.5 Å². The number of imidazole rings is 1. The summed E-state index contributed by atoms with van der Waals surface area (Å²) in [5.41, 5.74) is 4.10. The molecule has 0 bridgehead atoms. The molecule has 4 rings (SSSR count). The fourth-order valence-corrected chi connectivity index (χ4v) is 3.31. The Hall–Kier alpha value is -3.09. The van der Waals surface area contributed by atoms with Crippen LogP contribution >= 0.6 is 0 Å². The third kappa shape index (κ3) is 3.08. The monoisotopic (exact) mass is 352 g/mol. The lowest BCUT2D eigenvalue weighted by atomic mass is 9.89. The fraction of sp³-hybridized carbons (Fsp3) is 0.316. The van der Waals surface area contributed by atoms with Gasteiger partial charge in [-0.15, -0.1) is 0 Å². The van der Waals surface area contributed by atoms with Crippen LogP contribution in [-0.2, 0) is 12.8 Å². The lowest BCUT2D eigenvalue weighted by Gasteiger charge is -2.18. The Balaban J connectivity index is 1.76. The summed E-state index contributed by atoms with van der Waals surface area (Å²) in [5, 5.41) is 0. The van der Waals surface area contributed by atoms with Crippen molar-refractivity contribution in [3.05, 3.63) is 59.3 Å². The first-order valence-electron chi connectivity index (χ1n) is 8.47. The summed E-state index contributed by atoms with van der Waals surface area (Å²) in [6, 6.07) is 8.40. The lowest BCUT2D eigenvalue weighted by Crippen LogP contribution is -2.10. The molecule has 1 aromatic carbocycles. The number of hydrogen-bond acceptors (Lipinski definition) is 6. The highest BCUT2D eigenvalue weighted by Gasteiger charge is 2.26. The van der Waals surface area contributed by atoms with E-state index in [9.17, 15) is 0 Å². The predicted octanol–water partition coefficient (Wildman–Crippen LogP) is 2.53. The second-order valence-corrected chi connectivity index (χ2v) is 6.07. The first-order valence-corrected chi connectivity index (χ1v) is 8.47. The van der Waals surface area contributed by atoms with Gasteiger partial charge in [-0.3, -0.25) is 0 Å². The largest absolute Gasteiger partial charge is 0.493 e. The molecule has 2 aromatic heterocycles. The fourth-order valence-electron chi connectivity index (χ4n) is 3.31. The Morgan fingerprint density at radius 2 is 2.15 bits per heavy atom. The molecule has 1 atom stereocenters. The van der Waals surface area contributed by atoms with Crippen LogP contribution in [0.5, 0.6) is 17.6 Å². The minimum Gasteiger partial charge on any atom is -0.493 e. The molecule has 0 radical (unpaired) electrons. The van der Waals surface area contributed by atoms with Gasteiger partial charge in [0.1, 0.15) is 5.75 Å². The number of benzene rings is 1. The van der Waals surface area contributed by atoms with E-state index in [4.69, 9.17) is 14.2 Å². The molecule has 3 aromatic rings. The zero-order valence-corrected chi connectivity index (χ0v) is 14.7. The molecule has 7 nitrogen and oxygen atoms in total. The zero-order chi connectivity index (χ0) is 17.9. The predicted molar refractivity (Wildman–Crippen MR) is 94.9 cm³/mol. The van der Waals surface area contributed by atoms with Crippen LogP contribution in [0.15, 0.2) is 36.8 Å². The van der Waals surface area contributed by atoms with E-state index in [0.717, 1.165) is 35.7 Å². The Kier molecular flexibility index (Phi) is 4.43. The van der Waals surface area contributed by atoms with Crippen LogP contribution in [0.3, 0.4) is 0 Å². The van der Waals surface area contributed by atoms with Crippen molar-refractivity contribution in [3.63, 3.8) is 0 Å². The van der Waals surface area contributed by atoms with Crippen LogP contribution in [-0.4, -0.2) is 40.8 Å². The summed E-state index contributed by atoms with van der Waals surface area (Å²) in [6.07, 6.45) is 5.16. The molecule has 0 amide bonds. The smallest absolute Gasteiger partial charge is 0.319 e. The standard InChI is InChI=1S/C19H20N4O3/c1-24-17-9-13(22-19(23-17)25-2)8-15(16-10-20-11-21-16)14-5-3-4-12-6-7-26-18(12)14/h3-5,9-11,15H,6-8H2,1-2H3,(H,20,21). The van der Waals surface area contributed by atoms with Gasteiger partial charge in [-0.2, -0.15) is 9.97 Å². The Morgan fingerprint density at radius 3 is 2.92 bits per heavy atom. The highest BCUT2D eigenvalue weighted by Crippen LogP contribution is 2.38. The third-order valence-corrected chi connectivity index (χ3v) is 4.54. The Labute approximate surface area is 151 Å². The summed E-state index contributed by atoms with van der Waals surface area (Å²) in [7, 11) is 3.12. The molecule has 0 saturated carbocycles. The molecular weight excluding hydrogens is 332 g/mol. The maximum Gasteiger partial charge on any atom is 0.319 e. The summed E-state index contributed by atoms with van der Waals surface area (Å²) in [4.78, 5) is 16.2. The van der Waals surface area contributed by atoms with Crippen LogP contribution in [0.1, 0.15) is 28.4 Å². The second kappa shape index (κ2) is 7.03. The van der Waals surface area contributed by atoms with E-state index in [0.29, 0.717) is 12.3 Å². The molecule has 0 spiro atoms. The molecular formula is C19H20N4O3. The molecule has 1 N–H and O–H groups in total. The number of aromatic nitrogens is 4. The maximum atomic E-state index is 5.92. The van der Waals surface area contributed by atoms with Gasteiger partial charge in [-0.05, 0) is 5.56 Å². The zero-order valence-electron chi connectivity index (χ0n) is 14.7. The summed E-state index contributed by atoms with van der Waals surface area (Å²) in [5.74, 6) is 1.44. The number of fused-ring (bicyclic) bond motifs is 1. The highest BCUT2D eigenvalue weighted by molar-refractivity contribution is 5.48. The van der Waals surface area contributed by atoms with Crippen molar-refractivity contribution in [3.8, 4) is 17.6 Å². The van der Waals surface area contributed by atoms with E-state index < -0.39 is 0 Å². The number of H-pyrrole nitrogens is 1. The maximum absolute atomic E-state index is 5.92. The quantitative estimate of drug-likeness (QED) is 0.734. The van der Waals surface area contributed by atoms with Crippen molar-refractivity contribution < 1.29 is 14.2 Å². The Bertz CT molecular complexity index is 874. The number of hydrogen-bond donors (Lipinski definition) is 1. The minimum atomic E-state index is -0.00128. The average Bonchev–Trinajstić information content (AvgIpc) is 3.37. The number of rotatable bonds is 6. The molecule has 7 heteroatoms. The minimum absolute atomic E-state index is 0.00128. The topological polar surface area (TPSA) is 82.2 Å². The van der Waals surface area contributed by atoms with Crippen LogP contribution < -0.4 is 14.2 Å². The number of ether oxygens (including phenoxy) is 3. The third-order valence-electron chi connectivity index (χ3n) is 4.54. The number of methoxy groups -OCH3 is 2. The van der Waals surface area contributed by atoms with Gasteiger partial charge in [0.2, 0.25) is 5.88 Å². The average molecular weight is 352 g/mol. The van der Waals surface area contributed by atoms with E-state index in [1.165, 1.54) is 5.56 Å². The number of aromatic amines is 1. The molecule has 134 valence electrons. The summed E-state index contributed by atoms with van der Waals surface area (Å²) in [6.45, 7) is 0.717. The SMILES string of the molecule is COc1cc(CC(c2c[nH]cn2)c2cccc3c2OCC3)nc(OC)n1. The van der Waals surface area contributed by atoms with Crippen LogP contribution in [0, 0.1) is 0 Å². The molecule has 1 aliphatic rings.